The number of aryl methyl sites for hydroxylation is 2. The highest BCUT2D eigenvalue weighted by atomic mass is 16.5. The van der Waals surface area contributed by atoms with Crippen molar-refractivity contribution < 1.29 is 14.3 Å². The van der Waals surface area contributed by atoms with Gasteiger partial charge in [-0.05, 0) is 31.9 Å². The Balaban J connectivity index is 2.42. The molecule has 5 heteroatoms. The smallest absolute Gasteiger partial charge is 0.319 e. The van der Waals surface area contributed by atoms with E-state index in [1.165, 1.54) is 0 Å². The van der Waals surface area contributed by atoms with Crippen molar-refractivity contribution in [1.82, 2.24) is 10.6 Å². The molecule has 1 fully saturated rings. The minimum atomic E-state index is -0.635. The van der Waals surface area contributed by atoms with Gasteiger partial charge >= 0.3 is 12.0 Å². The van der Waals surface area contributed by atoms with E-state index >= 15 is 0 Å². The van der Waals surface area contributed by atoms with Gasteiger partial charge in [0.2, 0.25) is 0 Å². The van der Waals surface area contributed by atoms with Crippen LogP contribution in [0.5, 0.6) is 0 Å². The van der Waals surface area contributed by atoms with E-state index in [9.17, 15) is 9.59 Å². The number of ether oxygens (including phenoxy) is 1. The minimum Gasteiger partial charge on any atom is -0.465 e. The van der Waals surface area contributed by atoms with Gasteiger partial charge in [0.25, 0.3) is 0 Å². The summed E-state index contributed by atoms with van der Waals surface area (Å²) in [4.78, 5) is 23.9. The van der Waals surface area contributed by atoms with Gasteiger partial charge < -0.3 is 15.4 Å². The lowest BCUT2D eigenvalue weighted by molar-refractivity contribution is -0.147. The van der Waals surface area contributed by atoms with Crippen molar-refractivity contribution >= 4 is 12.0 Å². The SMILES string of the molecule is C=C1NC(=O)N[C@H](c2ccc(C)cc2C)[C@H]1C(=O)OCC. The zero-order valence-electron chi connectivity index (χ0n) is 12.5. The first-order valence-electron chi connectivity index (χ1n) is 6.94. The second-order valence-corrected chi connectivity index (χ2v) is 5.19. The lowest BCUT2D eigenvalue weighted by Crippen LogP contribution is -2.51. The van der Waals surface area contributed by atoms with Crippen molar-refractivity contribution in [1.29, 1.82) is 0 Å². The molecular formula is C16H20N2O3. The van der Waals surface area contributed by atoms with E-state index in [0.717, 1.165) is 16.7 Å². The number of rotatable bonds is 3. The standard InChI is InChI=1S/C16H20N2O3/c1-5-21-15(19)13-11(4)17-16(20)18-14(13)12-7-6-9(2)8-10(12)3/h6-8,13-14H,4-5H2,1-3H3,(H2,17,18,20)/t13-,14+/m0/s1. The largest absolute Gasteiger partial charge is 0.465 e. The molecule has 5 nitrogen and oxygen atoms in total. The Morgan fingerprint density at radius 3 is 2.71 bits per heavy atom. The summed E-state index contributed by atoms with van der Waals surface area (Å²) in [6.45, 7) is 9.80. The maximum Gasteiger partial charge on any atom is 0.319 e. The predicted octanol–water partition coefficient (Wildman–Crippen LogP) is 2.35. The molecule has 2 atom stereocenters. The summed E-state index contributed by atoms with van der Waals surface area (Å²) in [5, 5.41) is 5.35. The summed E-state index contributed by atoms with van der Waals surface area (Å²) in [7, 11) is 0. The Morgan fingerprint density at radius 1 is 1.38 bits per heavy atom. The Labute approximate surface area is 124 Å². The van der Waals surface area contributed by atoms with Crippen LogP contribution in [0.3, 0.4) is 0 Å². The third kappa shape index (κ3) is 3.07. The molecule has 1 aromatic rings. The molecule has 2 N–H and O–H groups in total. The van der Waals surface area contributed by atoms with E-state index in [2.05, 4.69) is 17.2 Å². The summed E-state index contributed by atoms with van der Waals surface area (Å²) >= 11 is 0. The second kappa shape index (κ2) is 5.99. The first-order valence-corrected chi connectivity index (χ1v) is 6.94. The van der Waals surface area contributed by atoms with Crippen LogP contribution in [0, 0.1) is 19.8 Å². The topological polar surface area (TPSA) is 67.4 Å². The van der Waals surface area contributed by atoms with Crippen molar-refractivity contribution in [3.63, 3.8) is 0 Å². The highest BCUT2D eigenvalue weighted by Gasteiger charge is 2.39. The molecule has 2 amide bonds. The molecule has 2 rings (SSSR count). The van der Waals surface area contributed by atoms with E-state index in [1.54, 1.807) is 6.92 Å². The normalized spacial score (nSPS) is 21.5. The monoisotopic (exact) mass is 288 g/mol. The quantitative estimate of drug-likeness (QED) is 0.839. The summed E-state index contributed by atoms with van der Waals surface area (Å²) < 4.78 is 5.11. The Hall–Kier alpha value is -2.30. The zero-order chi connectivity index (χ0) is 15.6. The molecule has 112 valence electrons. The average molecular weight is 288 g/mol. The fraction of sp³-hybridized carbons (Fsp3) is 0.375. The van der Waals surface area contributed by atoms with Gasteiger partial charge in [0.05, 0.1) is 12.6 Å². The van der Waals surface area contributed by atoms with Crippen molar-refractivity contribution in [3.8, 4) is 0 Å². The van der Waals surface area contributed by atoms with E-state index in [4.69, 9.17) is 4.74 Å². The molecule has 1 aliphatic heterocycles. The summed E-state index contributed by atoms with van der Waals surface area (Å²) in [5.41, 5.74) is 3.41. The van der Waals surface area contributed by atoms with Crippen LogP contribution in [0.15, 0.2) is 30.5 Å². The summed E-state index contributed by atoms with van der Waals surface area (Å²) in [6.07, 6.45) is 0. The molecule has 0 aliphatic carbocycles. The number of hydrogen-bond acceptors (Lipinski definition) is 3. The van der Waals surface area contributed by atoms with Crippen LogP contribution in [0.25, 0.3) is 0 Å². The molecule has 0 aromatic heterocycles. The molecule has 21 heavy (non-hydrogen) atoms. The molecule has 1 heterocycles. The van der Waals surface area contributed by atoms with Crippen molar-refractivity contribution in [2.45, 2.75) is 26.8 Å². The Kier molecular flexibility index (Phi) is 4.31. The molecule has 0 saturated carbocycles. The minimum absolute atomic E-state index is 0.288. The first kappa shape index (κ1) is 15.1. The molecule has 1 aliphatic rings. The maximum absolute atomic E-state index is 12.2. The molecule has 0 radical (unpaired) electrons. The Bertz CT molecular complexity index is 595. The number of hydrogen-bond donors (Lipinski definition) is 2. The summed E-state index contributed by atoms with van der Waals surface area (Å²) in [5.74, 6) is -1.02. The van der Waals surface area contributed by atoms with Gasteiger partial charge in [0.15, 0.2) is 0 Å². The van der Waals surface area contributed by atoms with E-state index in [1.807, 2.05) is 32.0 Å². The van der Waals surface area contributed by atoms with Gasteiger partial charge in [0.1, 0.15) is 5.92 Å². The number of urea groups is 1. The highest BCUT2D eigenvalue weighted by Crippen LogP contribution is 2.32. The molecule has 1 aromatic carbocycles. The number of benzene rings is 1. The van der Waals surface area contributed by atoms with E-state index in [-0.39, 0.29) is 18.6 Å². The molecule has 0 bridgehead atoms. The fourth-order valence-electron chi connectivity index (χ4n) is 2.63. The first-order chi connectivity index (χ1) is 9.93. The maximum atomic E-state index is 12.2. The number of nitrogens with one attached hydrogen (secondary N) is 2. The zero-order valence-corrected chi connectivity index (χ0v) is 12.5. The number of esters is 1. The van der Waals surface area contributed by atoms with Gasteiger partial charge in [-0.25, -0.2) is 4.79 Å². The van der Waals surface area contributed by atoms with Gasteiger partial charge in [-0.2, -0.15) is 0 Å². The third-order valence-corrected chi connectivity index (χ3v) is 3.57. The Morgan fingerprint density at radius 2 is 2.10 bits per heavy atom. The van der Waals surface area contributed by atoms with Crippen molar-refractivity contribution in [2.24, 2.45) is 5.92 Å². The van der Waals surface area contributed by atoms with Crippen LogP contribution in [0.2, 0.25) is 0 Å². The average Bonchev–Trinajstić information content (AvgIpc) is 2.37. The predicted molar refractivity (Wildman–Crippen MR) is 79.6 cm³/mol. The fourth-order valence-corrected chi connectivity index (χ4v) is 2.63. The van der Waals surface area contributed by atoms with E-state index in [0.29, 0.717) is 5.70 Å². The van der Waals surface area contributed by atoms with Gasteiger partial charge in [-0.15, -0.1) is 0 Å². The van der Waals surface area contributed by atoms with Crippen LogP contribution < -0.4 is 10.6 Å². The van der Waals surface area contributed by atoms with E-state index < -0.39 is 12.0 Å². The lowest BCUT2D eigenvalue weighted by atomic mass is 9.86. The van der Waals surface area contributed by atoms with Crippen LogP contribution in [-0.2, 0) is 9.53 Å². The van der Waals surface area contributed by atoms with Crippen LogP contribution in [0.4, 0.5) is 4.79 Å². The van der Waals surface area contributed by atoms with Gasteiger partial charge in [-0.3, -0.25) is 4.79 Å². The van der Waals surface area contributed by atoms with Gasteiger partial charge in [0, 0.05) is 5.70 Å². The molecule has 0 unspecified atom stereocenters. The highest BCUT2D eigenvalue weighted by molar-refractivity contribution is 5.85. The number of carbonyl (C=O) groups is 2. The molecule has 0 spiro atoms. The number of amides is 2. The summed E-state index contributed by atoms with van der Waals surface area (Å²) in [6, 6.07) is 5.09. The van der Waals surface area contributed by atoms with Crippen molar-refractivity contribution in [2.75, 3.05) is 6.61 Å². The van der Waals surface area contributed by atoms with Gasteiger partial charge in [-0.1, -0.05) is 30.3 Å². The lowest BCUT2D eigenvalue weighted by Gasteiger charge is -2.34. The second-order valence-electron chi connectivity index (χ2n) is 5.19. The third-order valence-electron chi connectivity index (χ3n) is 3.57. The van der Waals surface area contributed by atoms with Crippen LogP contribution >= 0.6 is 0 Å². The molecule has 1 saturated heterocycles. The molecular weight excluding hydrogens is 268 g/mol. The van der Waals surface area contributed by atoms with Crippen molar-refractivity contribution in [3.05, 3.63) is 47.2 Å². The van der Waals surface area contributed by atoms with Crippen LogP contribution in [-0.4, -0.2) is 18.6 Å². The number of carbonyl (C=O) groups excluding carboxylic acids is 2. The van der Waals surface area contributed by atoms with Crippen LogP contribution in [0.1, 0.15) is 29.7 Å².